The first-order valence-corrected chi connectivity index (χ1v) is 3.79. The highest BCUT2D eigenvalue weighted by Gasteiger charge is 2.04. The van der Waals surface area contributed by atoms with Crippen LogP contribution in [-0.4, -0.2) is 9.97 Å². The SMILES string of the molecule is O=c1[nH]cc(F)cc1-c1ccc[nH]1. The van der Waals surface area contributed by atoms with Crippen LogP contribution in [0.3, 0.4) is 0 Å². The average molecular weight is 178 g/mol. The molecule has 13 heavy (non-hydrogen) atoms. The molecule has 4 heteroatoms. The summed E-state index contributed by atoms with van der Waals surface area (Å²) in [7, 11) is 0. The maximum absolute atomic E-state index is 12.8. The predicted molar refractivity (Wildman–Crippen MR) is 46.8 cm³/mol. The quantitative estimate of drug-likeness (QED) is 0.683. The molecule has 2 rings (SSSR count). The maximum Gasteiger partial charge on any atom is 0.257 e. The highest BCUT2D eigenvalue weighted by Crippen LogP contribution is 2.11. The van der Waals surface area contributed by atoms with Crippen molar-refractivity contribution in [3.05, 3.63) is 46.8 Å². The molecule has 0 aliphatic rings. The summed E-state index contributed by atoms with van der Waals surface area (Å²) in [6.45, 7) is 0. The third-order valence-electron chi connectivity index (χ3n) is 1.76. The van der Waals surface area contributed by atoms with Crippen LogP contribution in [0.25, 0.3) is 11.3 Å². The summed E-state index contributed by atoms with van der Waals surface area (Å²) in [5.41, 5.74) is 0.620. The largest absolute Gasteiger partial charge is 0.361 e. The smallest absolute Gasteiger partial charge is 0.257 e. The molecule has 0 fully saturated rings. The first kappa shape index (κ1) is 7.79. The van der Waals surface area contributed by atoms with Gasteiger partial charge in [-0.25, -0.2) is 4.39 Å². The van der Waals surface area contributed by atoms with E-state index in [0.29, 0.717) is 11.3 Å². The number of halogens is 1. The number of H-pyrrole nitrogens is 2. The summed E-state index contributed by atoms with van der Waals surface area (Å²) < 4.78 is 12.8. The number of pyridine rings is 1. The number of aromatic nitrogens is 2. The summed E-state index contributed by atoms with van der Waals surface area (Å²) in [5.74, 6) is -0.454. The zero-order valence-corrected chi connectivity index (χ0v) is 6.67. The third-order valence-corrected chi connectivity index (χ3v) is 1.76. The Kier molecular flexibility index (Phi) is 1.73. The van der Waals surface area contributed by atoms with E-state index in [1.54, 1.807) is 18.3 Å². The molecule has 0 atom stereocenters. The Hall–Kier alpha value is -1.84. The predicted octanol–water partition coefficient (Wildman–Crippen LogP) is 1.51. The molecule has 0 aliphatic carbocycles. The molecule has 0 aliphatic heterocycles. The van der Waals surface area contributed by atoms with Crippen LogP contribution in [0.5, 0.6) is 0 Å². The molecular weight excluding hydrogens is 171 g/mol. The Balaban J connectivity index is 2.64. The van der Waals surface area contributed by atoms with E-state index in [1.165, 1.54) is 6.07 Å². The van der Waals surface area contributed by atoms with Crippen LogP contribution in [0.2, 0.25) is 0 Å². The van der Waals surface area contributed by atoms with Gasteiger partial charge in [-0.1, -0.05) is 0 Å². The fourth-order valence-corrected chi connectivity index (χ4v) is 1.16. The first-order chi connectivity index (χ1) is 6.27. The van der Waals surface area contributed by atoms with Crippen LogP contribution in [0.1, 0.15) is 0 Å². The maximum atomic E-state index is 12.8. The number of hydrogen-bond acceptors (Lipinski definition) is 1. The van der Waals surface area contributed by atoms with Crippen molar-refractivity contribution < 1.29 is 4.39 Å². The molecule has 3 nitrogen and oxygen atoms in total. The van der Waals surface area contributed by atoms with Crippen molar-refractivity contribution in [2.75, 3.05) is 0 Å². The molecule has 0 saturated carbocycles. The zero-order valence-electron chi connectivity index (χ0n) is 6.67. The topological polar surface area (TPSA) is 48.6 Å². The van der Waals surface area contributed by atoms with Gasteiger partial charge in [0.25, 0.3) is 5.56 Å². The van der Waals surface area contributed by atoms with E-state index >= 15 is 0 Å². The van der Waals surface area contributed by atoms with Crippen LogP contribution in [-0.2, 0) is 0 Å². The van der Waals surface area contributed by atoms with E-state index in [-0.39, 0.29) is 5.56 Å². The summed E-state index contributed by atoms with van der Waals surface area (Å²) in [5, 5.41) is 0. The lowest BCUT2D eigenvalue weighted by molar-refractivity contribution is 0.620. The van der Waals surface area contributed by atoms with Crippen LogP contribution in [0.4, 0.5) is 4.39 Å². The monoisotopic (exact) mass is 178 g/mol. The van der Waals surface area contributed by atoms with E-state index in [1.807, 2.05) is 0 Å². The summed E-state index contributed by atoms with van der Waals surface area (Å²) in [6, 6.07) is 4.66. The highest BCUT2D eigenvalue weighted by atomic mass is 19.1. The van der Waals surface area contributed by atoms with Gasteiger partial charge in [-0.05, 0) is 18.2 Å². The van der Waals surface area contributed by atoms with Crippen molar-refractivity contribution in [3.8, 4) is 11.3 Å². The molecule has 0 amide bonds. The molecule has 0 radical (unpaired) electrons. The van der Waals surface area contributed by atoms with E-state index < -0.39 is 5.82 Å². The van der Waals surface area contributed by atoms with E-state index in [0.717, 1.165) is 6.20 Å². The molecule has 2 aromatic rings. The van der Waals surface area contributed by atoms with Gasteiger partial charge in [0, 0.05) is 12.4 Å². The van der Waals surface area contributed by atoms with Crippen LogP contribution >= 0.6 is 0 Å². The molecule has 0 spiro atoms. The summed E-state index contributed by atoms with van der Waals surface area (Å²) in [6.07, 6.45) is 2.72. The Morgan fingerprint density at radius 1 is 1.31 bits per heavy atom. The number of hydrogen-bond donors (Lipinski definition) is 2. The fraction of sp³-hybridized carbons (Fsp3) is 0. The lowest BCUT2D eigenvalue weighted by Crippen LogP contribution is -2.08. The van der Waals surface area contributed by atoms with Crippen molar-refractivity contribution in [1.82, 2.24) is 9.97 Å². The van der Waals surface area contributed by atoms with Crippen molar-refractivity contribution in [2.45, 2.75) is 0 Å². The molecule has 0 aromatic carbocycles. The van der Waals surface area contributed by atoms with Gasteiger partial charge in [0.2, 0.25) is 0 Å². The molecule has 2 heterocycles. The number of nitrogens with one attached hydrogen (secondary N) is 2. The molecule has 0 unspecified atom stereocenters. The molecule has 66 valence electrons. The second kappa shape index (κ2) is 2.90. The average Bonchev–Trinajstić information content (AvgIpc) is 2.61. The van der Waals surface area contributed by atoms with Gasteiger partial charge >= 0.3 is 0 Å². The molecule has 0 saturated heterocycles. The highest BCUT2D eigenvalue weighted by molar-refractivity contribution is 5.57. The van der Waals surface area contributed by atoms with Gasteiger partial charge in [0.15, 0.2) is 0 Å². The van der Waals surface area contributed by atoms with Gasteiger partial charge in [-0.15, -0.1) is 0 Å². The lowest BCUT2D eigenvalue weighted by Gasteiger charge is -1.95. The number of rotatable bonds is 1. The van der Waals surface area contributed by atoms with Crippen molar-refractivity contribution in [1.29, 1.82) is 0 Å². The van der Waals surface area contributed by atoms with E-state index in [9.17, 15) is 9.18 Å². The normalized spacial score (nSPS) is 10.2. The van der Waals surface area contributed by atoms with Crippen LogP contribution < -0.4 is 5.56 Å². The van der Waals surface area contributed by atoms with Gasteiger partial charge < -0.3 is 9.97 Å². The minimum absolute atomic E-state index is 0.302. The minimum atomic E-state index is -0.454. The van der Waals surface area contributed by atoms with E-state index in [4.69, 9.17) is 0 Å². The summed E-state index contributed by atoms with van der Waals surface area (Å²) >= 11 is 0. The van der Waals surface area contributed by atoms with Crippen molar-refractivity contribution in [3.63, 3.8) is 0 Å². The molecule has 2 aromatic heterocycles. The molecular formula is C9H7FN2O. The van der Waals surface area contributed by atoms with Crippen LogP contribution in [0.15, 0.2) is 35.4 Å². The Bertz CT molecular complexity index is 459. The molecule has 2 N–H and O–H groups in total. The molecule has 0 bridgehead atoms. The van der Waals surface area contributed by atoms with Gasteiger partial charge in [-0.2, -0.15) is 0 Å². The number of aromatic amines is 2. The van der Waals surface area contributed by atoms with Crippen molar-refractivity contribution in [2.24, 2.45) is 0 Å². The Morgan fingerprint density at radius 3 is 2.85 bits per heavy atom. The first-order valence-electron chi connectivity index (χ1n) is 3.79. The van der Waals surface area contributed by atoms with Gasteiger partial charge in [0.05, 0.1) is 11.3 Å². The van der Waals surface area contributed by atoms with Crippen molar-refractivity contribution >= 4 is 0 Å². The third kappa shape index (κ3) is 1.38. The summed E-state index contributed by atoms with van der Waals surface area (Å²) in [4.78, 5) is 16.4. The Labute approximate surface area is 73.2 Å². The Morgan fingerprint density at radius 2 is 2.15 bits per heavy atom. The zero-order chi connectivity index (χ0) is 9.26. The standard InChI is InChI=1S/C9H7FN2O/c10-6-4-7(9(13)12-5-6)8-2-1-3-11-8/h1-5,11H,(H,12,13). The van der Waals surface area contributed by atoms with Crippen LogP contribution in [0, 0.1) is 5.82 Å². The fourth-order valence-electron chi connectivity index (χ4n) is 1.16. The van der Waals surface area contributed by atoms with Gasteiger partial charge in [0.1, 0.15) is 5.82 Å². The minimum Gasteiger partial charge on any atom is -0.361 e. The van der Waals surface area contributed by atoms with E-state index in [2.05, 4.69) is 9.97 Å². The second-order valence-corrected chi connectivity index (χ2v) is 2.64. The second-order valence-electron chi connectivity index (χ2n) is 2.64. The van der Waals surface area contributed by atoms with Gasteiger partial charge in [-0.3, -0.25) is 4.79 Å². The lowest BCUT2D eigenvalue weighted by atomic mass is 10.2.